The highest BCUT2D eigenvalue weighted by molar-refractivity contribution is 7.85. The minimum absolute atomic E-state index is 0.114. The predicted molar refractivity (Wildman–Crippen MR) is 110 cm³/mol. The van der Waals surface area contributed by atoms with Gasteiger partial charge in [-0.2, -0.15) is 8.42 Å². The van der Waals surface area contributed by atoms with Gasteiger partial charge in [0.1, 0.15) is 5.82 Å². The van der Waals surface area contributed by atoms with Crippen LogP contribution in [0.3, 0.4) is 0 Å². The molecular weight excluding hydrogens is 390 g/mol. The number of aromatic nitrogens is 2. The highest BCUT2D eigenvalue weighted by Gasteiger charge is 2.29. The quantitative estimate of drug-likeness (QED) is 0.649. The van der Waals surface area contributed by atoms with Crippen molar-refractivity contribution in [1.82, 2.24) is 14.5 Å². The minimum Gasteiger partial charge on any atom is -0.338 e. The first-order valence-electron chi connectivity index (χ1n) is 9.54. The third-order valence-electron chi connectivity index (χ3n) is 5.46. The van der Waals surface area contributed by atoms with Crippen LogP contribution in [0.25, 0.3) is 11.0 Å². The van der Waals surface area contributed by atoms with Crippen molar-refractivity contribution in [2.45, 2.75) is 12.8 Å². The average Bonchev–Trinajstić information content (AvgIpc) is 3.26. The van der Waals surface area contributed by atoms with Crippen molar-refractivity contribution in [3.05, 3.63) is 65.5 Å². The number of fused-ring (bicyclic) bond motifs is 1. The maximum atomic E-state index is 12.7. The molecule has 1 atom stereocenters. The number of aryl methyl sites for hydroxylation is 1. The SMILES string of the molecule is Cn1c(Cc2ccc(C(=O)N3CCC(CS(=O)(=O)O)C3)cc2)nc2ccccc21. The Bertz CT molecular complexity index is 1150. The first-order chi connectivity index (χ1) is 13.8. The molecule has 0 bridgehead atoms. The van der Waals surface area contributed by atoms with Gasteiger partial charge in [0.15, 0.2) is 0 Å². The third-order valence-corrected chi connectivity index (χ3v) is 6.35. The minimum atomic E-state index is -4.02. The Balaban J connectivity index is 1.44. The number of imidazole rings is 1. The van der Waals surface area contributed by atoms with Gasteiger partial charge in [-0.25, -0.2) is 4.98 Å². The summed E-state index contributed by atoms with van der Waals surface area (Å²) in [5.41, 5.74) is 3.69. The molecule has 1 aliphatic heterocycles. The van der Waals surface area contributed by atoms with Crippen LogP contribution < -0.4 is 0 Å². The molecule has 7 nitrogen and oxygen atoms in total. The number of hydrogen-bond acceptors (Lipinski definition) is 4. The lowest BCUT2D eigenvalue weighted by Crippen LogP contribution is -2.29. The van der Waals surface area contributed by atoms with Crippen molar-refractivity contribution in [3.8, 4) is 0 Å². The third kappa shape index (κ3) is 4.33. The maximum Gasteiger partial charge on any atom is 0.265 e. The van der Waals surface area contributed by atoms with E-state index in [1.165, 1.54) is 0 Å². The van der Waals surface area contributed by atoms with Gasteiger partial charge in [-0.15, -0.1) is 0 Å². The van der Waals surface area contributed by atoms with E-state index in [0.29, 0.717) is 31.5 Å². The molecule has 2 aromatic carbocycles. The van der Waals surface area contributed by atoms with Crippen LogP contribution in [-0.2, 0) is 23.6 Å². The van der Waals surface area contributed by atoms with Gasteiger partial charge >= 0.3 is 0 Å². The topological polar surface area (TPSA) is 92.5 Å². The molecule has 1 N–H and O–H groups in total. The summed E-state index contributed by atoms with van der Waals surface area (Å²) in [7, 11) is -2.02. The van der Waals surface area contributed by atoms with Crippen LogP contribution in [0, 0.1) is 5.92 Å². The molecule has 3 aromatic rings. The molecule has 1 aliphatic rings. The molecule has 0 saturated carbocycles. The van der Waals surface area contributed by atoms with Crippen molar-refractivity contribution >= 4 is 27.1 Å². The van der Waals surface area contributed by atoms with Crippen LogP contribution in [0.1, 0.15) is 28.2 Å². The molecular formula is C21H23N3O4S. The fourth-order valence-corrected chi connectivity index (χ4v) is 4.80. The Labute approximate surface area is 169 Å². The predicted octanol–water partition coefficient (Wildman–Crippen LogP) is 2.51. The normalized spacial score (nSPS) is 17.2. The van der Waals surface area contributed by atoms with Gasteiger partial charge < -0.3 is 9.47 Å². The molecule has 2 heterocycles. The summed E-state index contributed by atoms with van der Waals surface area (Å²) in [4.78, 5) is 19.0. The molecule has 1 fully saturated rings. The Hall–Kier alpha value is -2.71. The van der Waals surface area contributed by atoms with Crippen LogP contribution in [0.5, 0.6) is 0 Å². The van der Waals surface area contributed by atoms with Gasteiger partial charge in [0.05, 0.1) is 16.8 Å². The second-order valence-corrected chi connectivity index (χ2v) is 9.10. The van der Waals surface area contributed by atoms with E-state index in [1.54, 1.807) is 17.0 Å². The summed E-state index contributed by atoms with van der Waals surface area (Å²) >= 11 is 0. The van der Waals surface area contributed by atoms with Crippen molar-refractivity contribution in [2.24, 2.45) is 13.0 Å². The van der Waals surface area contributed by atoms with Gasteiger partial charge in [-0.05, 0) is 42.2 Å². The summed E-state index contributed by atoms with van der Waals surface area (Å²) in [5.74, 6) is 0.328. The van der Waals surface area contributed by atoms with Crippen LogP contribution in [0.4, 0.5) is 0 Å². The number of benzene rings is 2. The molecule has 4 rings (SSSR count). The average molecular weight is 413 g/mol. The van der Waals surface area contributed by atoms with Crippen molar-refractivity contribution in [1.29, 1.82) is 0 Å². The van der Waals surface area contributed by atoms with Crippen LogP contribution >= 0.6 is 0 Å². The van der Waals surface area contributed by atoms with E-state index in [9.17, 15) is 13.2 Å². The molecule has 1 aromatic heterocycles. The largest absolute Gasteiger partial charge is 0.338 e. The number of para-hydroxylation sites is 2. The smallest absolute Gasteiger partial charge is 0.265 e. The molecule has 152 valence electrons. The van der Waals surface area contributed by atoms with Crippen molar-refractivity contribution in [3.63, 3.8) is 0 Å². The van der Waals surface area contributed by atoms with E-state index in [1.807, 2.05) is 43.4 Å². The molecule has 1 saturated heterocycles. The lowest BCUT2D eigenvalue weighted by atomic mass is 10.1. The number of rotatable bonds is 5. The Morgan fingerprint density at radius 2 is 1.90 bits per heavy atom. The van der Waals surface area contributed by atoms with Crippen LogP contribution in [0.15, 0.2) is 48.5 Å². The molecule has 0 radical (unpaired) electrons. The molecule has 1 amide bonds. The van der Waals surface area contributed by atoms with Crippen LogP contribution in [0.2, 0.25) is 0 Å². The van der Waals surface area contributed by atoms with E-state index < -0.39 is 10.1 Å². The fraction of sp³-hybridized carbons (Fsp3) is 0.333. The lowest BCUT2D eigenvalue weighted by molar-refractivity contribution is 0.0788. The van der Waals surface area contributed by atoms with Gasteiger partial charge in [0.2, 0.25) is 0 Å². The molecule has 0 aliphatic carbocycles. The maximum absolute atomic E-state index is 12.7. The summed E-state index contributed by atoms with van der Waals surface area (Å²) in [5, 5.41) is 0. The fourth-order valence-electron chi connectivity index (χ4n) is 3.93. The second-order valence-electron chi connectivity index (χ2n) is 7.60. The number of amides is 1. The van der Waals surface area contributed by atoms with E-state index in [-0.39, 0.29) is 17.6 Å². The Kier molecular flexibility index (Phi) is 5.14. The zero-order valence-corrected chi connectivity index (χ0v) is 17.0. The molecule has 1 unspecified atom stereocenters. The standard InChI is InChI=1S/C21H23N3O4S/c1-23-19-5-3-2-4-18(19)22-20(23)12-15-6-8-17(9-7-15)21(25)24-11-10-16(13-24)14-29(26,27)28/h2-9,16H,10-14H2,1H3,(H,26,27,28). The van der Waals surface area contributed by atoms with Gasteiger partial charge in [-0.1, -0.05) is 24.3 Å². The number of carbonyl (C=O) groups excluding carboxylic acids is 1. The zero-order chi connectivity index (χ0) is 20.6. The van der Waals surface area contributed by atoms with Gasteiger partial charge in [0.25, 0.3) is 16.0 Å². The number of hydrogen-bond donors (Lipinski definition) is 1. The Morgan fingerprint density at radius 3 is 2.59 bits per heavy atom. The summed E-state index contributed by atoms with van der Waals surface area (Å²) in [6.07, 6.45) is 1.25. The molecule has 0 spiro atoms. The zero-order valence-electron chi connectivity index (χ0n) is 16.2. The van der Waals surface area contributed by atoms with E-state index in [0.717, 1.165) is 22.4 Å². The number of likely N-dealkylation sites (tertiary alicyclic amines) is 1. The molecule has 8 heteroatoms. The van der Waals surface area contributed by atoms with Gasteiger partial charge in [0, 0.05) is 32.1 Å². The van der Waals surface area contributed by atoms with Crippen molar-refractivity contribution < 1.29 is 17.8 Å². The summed E-state index contributed by atoms with van der Waals surface area (Å²) in [6, 6.07) is 15.5. The van der Waals surface area contributed by atoms with Crippen molar-refractivity contribution in [2.75, 3.05) is 18.8 Å². The lowest BCUT2D eigenvalue weighted by Gasteiger charge is -2.16. The van der Waals surface area contributed by atoms with E-state index in [4.69, 9.17) is 4.55 Å². The van der Waals surface area contributed by atoms with Crippen LogP contribution in [-0.4, -0.2) is 52.2 Å². The monoisotopic (exact) mass is 413 g/mol. The second kappa shape index (κ2) is 7.61. The van der Waals surface area contributed by atoms with E-state index >= 15 is 0 Å². The summed E-state index contributed by atoms with van der Waals surface area (Å²) < 4.78 is 33.2. The highest BCUT2D eigenvalue weighted by Crippen LogP contribution is 2.21. The number of carbonyl (C=O) groups is 1. The Morgan fingerprint density at radius 1 is 1.17 bits per heavy atom. The number of nitrogens with zero attached hydrogens (tertiary/aromatic N) is 3. The summed E-state index contributed by atoms with van der Waals surface area (Å²) in [6.45, 7) is 0.848. The first kappa shape index (κ1) is 19.6. The highest BCUT2D eigenvalue weighted by atomic mass is 32.2. The van der Waals surface area contributed by atoms with E-state index in [2.05, 4.69) is 9.55 Å². The first-order valence-corrected chi connectivity index (χ1v) is 11.1. The molecule has 29 heavy (non-hydrogen) atoms. The van der Waals surface area contributed by atoms with Gasteiger partial charge in [-0.3, -0.25) is 9.35 Å².